The minimum Gasteiger partial charge on any atom is -0.347 e. The molecule has 1 aliphatic rings. The Balaban J connectivity index is 1.74. The van der Waals surface area contributed by atoms with Gasteiger partial charge in [0.2, 0.25) is 0 Å². The van der Waals surface area contributed by atoms with Crippen LogP contribution in [-0.2, 0) is 6.54 Å². The lowest BCUT2D eigenvalue weighted by molar-refractivity contribution is 0.379. The third-order valence-corrected chi connectivity index (χ3v) is 3.28. The van der Waals surface area contributed by atoms with Crippen LogP contribution in [0.4, 0.5) is 0 Å². The predicted molar refractivity (Wildman–Crippen MR) is 56.8 cm³/mol. The molecule has 0 bridgehead atoms. The van der Waals surface area contributed by atoms with Crippen LogP contribution >= 0.6 is 0 Å². The lowest BCUT2D eigenvalue weighted by Gasteiger charge is -2.19. The maximum Gasteiger partial charge on any atom is 0.0922 e. The summed E-state index contributed by atoms with van der Waals surface area (Å²) < 4.78 is 0. The van der Waals surface area contributed by atoms with Gasteiger partial charge in [0, 0.05) is 24.5 Å². The van der Waals surface area contributed by atoms with E-state index in [1.807, 2.05) is 6.20 Å². The summed E-state index contributed by atoms with van der Waals surface area (Å²) in [6.45, 7) is 3.21. The van der Waals surface area contributed by atoms with Crippen LogP contribution in [-0.4, -0.2) is 16.0 Å². The molecular formula is C11H19N3. The maximum absolute atomic E-state index is 4.00. The van der Waals surface area contributed by atoms with Gasteiger partial charge in [0.25, 0.3) is 0 Å². The maximum atomic E-state index is 4.00. The number of imidazole rings is 1. The Labute approximate surface area is 85.3 Å². The van der Waals surface area contributed by atoms with Gasteiger partial charge >= 0.3 is 0 Å². The molecule has 0 amide bonds. The smallest absolute Gasteiger partial charge is 0.0922 e. The van der Waals surface area contributed by atoms with E-state index in [9.17, 15) is 0 Å². The quantitative estimate of drug-likeness (QED) is 0.768. The van der Waals surface area contributed by atoms with E-state index in [0.717, 1.165) is 12.5 Å². The normalized spacial score (nSPS) is 20.1. The summed E-state index contributed by atoms with van der Waals surface area (Å²) in [6, 6.07) is 0.640. The van der Waals surface area contributed by atoms with Gasteiger partial charge in [-0.2, -0.15) is 0 Å². The van der Waals surface area contributed by atoms with E-state index < -0.39 is 0 Å². The molecule has 1 fully saturated rings. The third-order valence-electron chi connectivity index (χ3n) is 3.28. The summed E-state index contributed by atoms with van der Waals surface area (Å²) in [5, 5.41) is 3.56. The van der Waals surface area contributed by atoms with Crippen molar-refractivity contribution in [2.24, 2.45) is 5.92 Å². The molecule has 3 nitrogen and oxygen atoms in total. The van der Waals surface area contributed by atoms with Gasteiger partial charge < -0.3 is 10.3 Å². The molecule has 0 aliphatic heterocycles. The average molecular weight is 193 g/mol. The molecule has 1 saturated carbocycles. The van der Waals surface area contributed by atoms with Crippen LogP contribution in [0.3, 0.4) is 0 Å². The third kappa shape index (κ3) is 2.35. The van der Waals surface area contributed by atoms with Gasteiger partial charge in [0.1, 0.15) is 0 Å². The predicted octanol–water partition coefficient (Wildman–Crippen LogP) is 2.08. The Hall–Kier alpha value is -0.830. The summed E-state index contributed by atoms with van der Waals surface area (Å²) >= 11 is 0. The first-order valence-corrected chi connectivity index (χ1v) is 5.57. The summed E-state index contributed by atoms with van der Waals surface area (Å²) in [4.78, 5) is 7.11. The Morgan fingerprint density at radius 2 is 2.36 bits per heavy atom. The molecule has 0 radical (unpaired) electrons. The first-order valence-electron chi connectivity index (χ1n) is 5.57. The van der Waals surface area contributed by atoms with Gasteiger partial charge in [-0.15, -0.1) is 0 Å². The second-order valence-corrected chi connectivity index (χ2v) is 4.29. The molecule has 2 N–H and O–H groups in total. The van der Waals surface area contributed by atoms with E-state index in [-0.39, 0.29) is 0 Å². The second-order valence-electron chi connectivity index (χ2n) is 4.29. The first kappa shape index (κ1) is 9.71. The van der Waals surface area contributed by atoms with Gasteiger partial charge in [0.15, 0.2) is 0 Å². The molecule has 1 aromatic heterocycles. The molecule has 0 saturated heterocycles. The van der Waals surface area contributed by atoms with Crippen molar-refractivity contribution in [3.63, 3.8) is 0 Å². The number of rotatable bonds is 4. The molecule has 3 heteroatoms. The summed E-state index contributed by atoms with van der Waals surface area (Å²) in [5.74, 6) is 0.887. The van der Waals surface area contributed by atoms with E-state index in [0.29, 0.717) is 6.04 Å². The number of nitrogens with zero attached hydrogens (tertiary/aromatic N) is 1. The summed E-state index contributed by atoms with van der Waals surface area (Å²) in [7, 11) is 0. The minimum atomic E-state index is 0.640. The van der Waals surface area contributed by atoms with Crippen molar-refractivity contribution < 1.29 is 0 Å². The first-order chi connectivity index (χ1) is 6.86. The highest BCUT2D eigenvalue weighted by atomic mass is 15.0. The van der Waals surface area contributed by atoms with Gasteiger partial charge in [-0.1, -0.05) is 12.8 Å². The van der Waals surface area contributed by atoms with Gasteiger partial charge in [-0.3, -0.25) is 0 Å². The highest BCUT2D eigenvalue weighted by Crippen LogP contribution is 2.27. The molecule has 78 valence electrons. The minimum absolute atomic E-state index is 0.640. The standard InChI is InChI=1S/C11H19N3/c1-9(10-4-2-3-5-10)13-7-11-6-12-8-14-11/h6,8-10,13H,2-5,7H2,1H3,(H,12,14). The number of aromatic amines is 1. The SMILES string of the molecule is CC(NCc1cnc[nH]1)C1CCCC1. The van der Waals surface area contributed by atoms with Crippen LogP contribution in [0, 0.1) is 5.92 Å². The van der Waals surface area contributed by atoms with E-state index in [1.165, 1.54) is 31.4 Å². The topological polar surface area (TPSA) is 40.7 Å². The van der Waals surface area contributed by atoms with Crippen LogP contribution in [0.2, 0.25) is 0 Å². The average Bonchev–Trinajstić information content (AvgIpc) is 2.87. The zero-order chi connectivity index (χ0) is 9.80. The van der Waals surface area contributed by atoms with Crippen LogP contribution < -0.4 is 5.32 Å². The Morgan fingerprint density at radius 1 is 1.57 bits per heavy atom. The Kier molecular flexibility index (Phi) is 3.19. The van der Waals surface area contributed by atoms with Crippen LogP contribution in [0.25, 0.3) is 0 Å². The monoisotopic (exact) mass is 193 g/mol. The number of hydrogen-bond donors (Lipinski definition) is 2. The second kappa shape index (κ2) is 4.60. The lowest BCUT2D eigenvalue weighted by atomic mass is 10.00. The highest BCUT2D eigenvalue weighted by molar-refractivity contribution is 4.94. The fourth-order valence-corrected chi connectivity index (χ4v) is 2.28. The van der Waals surface area contributed by atoms with Crippen molar-refractivity contribution >= 4 is 0 Å². The molecule has 1 aliphatic carbocycles. The number of H-pyrrole nitrogens is 1. The zero-order valence-corrected chi connectivity index (χ0v) is 8.79. The van der Waals surface area contributed by atoms with Gasteiger partial charge in [0.05, 0.1) is 6.33 Å². The molecule has 0 aromatic carbocycles. The van der Waals surface area contributed by atoms with Crippen molar-refractivity contribution in [2.45, 2.75) is 45.2 Å². The Morgan fingerprint density at radius 3 is 3.00 bits per heavy atom. The molecule has 14 heavy (non-hydrogen) atoms. The molecular weight excluding hydrogens is 174 g/mol. The van der Waals surface area contributed by atoms with E-state index in [1.54, 1.807) is 6.33 Å². The fourth-order valence-electron chi connectivity index (χ4n) is 2.28. The van der Waals surface area contributed by atoms with Crippen LogP contribution in [0.1, 0.15) is 38.3 Å². The van der Waals surface area contributed by atoms with E-state index in [2.05, 4.69) is 22.2 Å². The number of aromatic nitrogens is 2. The van der Waals surface area contributed by atoms with Crippen molar-refractivity contribution in [1.29, 1.82) is 0 Å². The Bertz CT molecular complexity index is 250. The molecule has 0 spiro atoms. The fraction of sp³-hybridized carbons (Fsp3) is 0.727. The van der Waals surface area contributed by atoms with E-state index in [4.69, 9.17) is 0 Å². The van der Waals surface area contributed by atoms with Crippen LogP contribution in [0.15, 0.2) is 12.5 Å². The molecule has 1 atom stereocenters. The summed E-state index contributed by atoms with van der Waals surface area (Å²) in [5.41, 5.74) is 1.18. The van der Waals surface area contributed by atoms with Crippen molar-refractivity contribution in [3.8, 4) is 0 Å². The lowest BCUT2D eigenvalue weighted by Crippen LogP contribution is -2.31. The van der Waals surface area contributed by atoms with E-state index >= 15 is 0 Å². The van der Waals surface area contributed by atoms with Gasteiger partial charge in [-0.05, 0) is 25.7 Å². The number of hydrogen-bond acceptors (Lipinski definition) is 2. The number of nitrogens with one attached hydrogen (secondary N) is 2. The highest BCUT2D eigenvalue weighted by Gasteiger charge is 2.20. The summed E-state index contributed by atoms with van der Waals surface area (Å²) in [6.07, 6.45) is 9.25. The van der Waals surface area contributed by atoms with Crippen molar-refractivity contribution in [3.05, 3.63) is 18.2 Å². The molecule has 1 heterocycles. The molecule has 1 unspecified atom stereocenters. The largest absolute Gasteiger partial charge is 0.347 e. The van der Waals surface area contributed by atoms with Crippen LogP contribution in [0.5, 0.6) is 0 Å². The van der Waals surface area contributed by atoms with Crippen molar-refractivity contribution in [2.75, 3.05) is 0 Å². The van der Waals surface area contributed by atoms with Gasteiger partial charge in [-0.25, -0.2) is 4.98 Å². The van der Waals surface area contributed by atoms with Crippen molar-refractivity contribution in [1.82, 2.24) is 15.3 Å². The zero-order valence-electron chi connectivity index (χ0n) is 8.79. The molecule has 1 aromatic rings. The molecule has 2 rings (SSSR count).